The fourth-order valence-electron chi connectivity index (χ4n) is 16.6. The number of rotatable bonds is 16. The molecule has 568 valence electrons. The number of hydrogen-bond acceptors (Lipinski definition) is 16. The van der Waals surface area contributed by atoms with E-state index in [1.165, 1.54) is 50.7 Å². The average molecular weight is 1480 g/mol. The number of fused-ring (bicyclic) bond motifs is 2. The Bertz CT molecular complexity index is 4880. The molecule has 5 saturated heterocycles. The molecule has 0 radical (unpaired) electrons. The summed E-state index contributed by atoms with van der Waals surface area (Å²) in [4.78, 5) is 96.5. The standard InChI is InChI=1S/C45H52N6O7.C41H45N5O5/c1-27(2)39(49-42(53)55-6)41(52)51-26-45(56-18-19-57-45)23-38(51)35-22-34(24-46-35)29-11-9-28(10-12-29)30-13-14-32-21-33(16-15-31(32)20-30)36-25-47-40(48-36)37-8-7-17-50(37)43(54)58-44(3,4)5;1-25(2)37(45-40(48)49-3)39(47)46-24-41(50-16-17-51-41)21-36(46)34-20-33(22-42-34)27-10-8-26(9-11-27)29-12-13-31-19-32(15-14-30(31)18-29)35-23-43-38(44-35)28-6-4-5-7-28/h9-16,20-21,24-25,27,37-39H,7-8,17-19,22-23,26H2,1-6H3,(H,47,48)(H,49,53);8-15,18-19,22-23,25,28,36-37H,4-7,16-17,20-21,24H2,1-3H3,(H,43,44)(H,45,48)/t37-,38-,39-;36-,37-/m00/s1. The fourth-order valence-corrected chi connectivity index (χ4v) is 16.6. The number of methoxy groups -OCH3 is 2. The van der Waals surface area contributed by atoms with Crippen molar-refractivity contribution >= 4 is 74.2 Å². The highest BCUT2D eigenvalue weighted by atomic mass is 16.7. The molecule has 109 heavy (non-hydrogen) atoms. The number of aromatic nitrogens is 4. The predicted molar refractivity (Wildman–Crippen MR) is 418 cm³/mol. The zero-order valence-corrected chi connectivity index (χ0v) is 63.5. The lowest BCUT2D eigenvalue weighted by atomic mass is 9.95. The normalized spacial score (nSPS) is 20.8. The quantitative estimate of drug-likeness (QED) is 0.0656. The van der Waals surface area contributed by atoms with Crippen molar-refractivity contribution in [2.75, 3.05) is 60.3 Å². The molecule has 6 aromatic carbocycles. The van der Waals surface area contributed by atoms with Crippen LogP contribution in [0, 0.1) is 11.8 Å². The Hall–Kier alpha value is -10.3. The fraction of sp³-hybridized carbons (Fsp3) is 0.430. The van der Waals surface area contributed by atoms with Crippen LogP contribution in [0.1, 0.15) is 147 Å². The number of hydrogen-bond donors (Lipinski definition) is 4. The van der Waals surface area contributed by atoms with Gasteiger partial charge in [-0.15, -0.1) is 0 Å². The summed E-state index contributed by atoms with van der Waals surface area (Å²) < 4.78 is 39.5. The van der Waals surface area contributed by atoms with Crippen LogP contribution in [0.3, 0.4) is 0 Å². The van der Waals surface area contributed by atoms with E-state index in [0.717, 1.165) is 114 Å². The van der Waals surface area contributed by atoms with Crippen LogP contribution in [-0.4, -0.2) is 178 Å². The van der Waals surface area contributed by atoms with Crippen LogP contribution in [0.5, 0.6) is 0 Å². The minimum Gasteiger partial charge on any atom is -0.453 e. The van der Waals surface area contributed by atoms with E-state index < -0.39 is 41.4 Å². The van der Waals surface area contributed by atoms with Crippen LogP contribution in [-0.2, 0) is 42.7 Å². The second-order valence-electron chi connectivity index (χ2n) is 31.6. The van der Waals surface area contributed by atoms with E-state index in [2.05, 4.69) is 147 Å². The van der Waals surface area contributed by atoms with Crippen LogP contribution in [0.15, 0.2) is 156 Å². The highest BCUT2D eigenvalue weighted by Crippen LogP contribution is 2.43. The van der Waals surface area contributed by atoms with E-state index in [1.807, 2.05) is 73.3 Å². The van der Waals surface area contributed by atoms with E-state index in [0.29, 0.717) is 64.6 Å². The number of alkyl carbamates (subject to hydrolysis) is 2. The Morgan fingerprint density at radius 3 is 1.31 bits per heavy atom. The molecular weight excluding hydrogens is 1380 g/mol. The molecule has 0 unspecified atom stereocenters. The summed E-state index contributed by atoms with van der Waals surface area (Å²) in [7, 11) is 2.58. The average Bonchev–Trinajstić information content (AvgIpc) is 1.64. The van der Waals surface area contributed by atoms with Crippen LogP contribution < -0.4 is 10.6 Å². The first kappa shape index (κ1) is 74.1. The molecule has 0 bridgehead atoms. The lowest BCUT2D eigenvalue weighted by Gasteiger charge is -2.31. The summed E-state index contributed by atoms with van der Waals surface area (Å²) in [5.41, 5.74) is 14.2. The minimum atomic E-state index is -0.883. The lowest BCUT2D eigenvalue weighted by molar-refractivity contribution is -0.153. The second-order valence-corrected chi connectivity index (χ2v) is 31.6. The first-order valence-corrected chi connectivity index (χ1v) is 38.4. The van der Waals surface area contributed by atoms with Gasteiger partial charge in [-0.25, -0.2) is 24.4 Å². The van der Waals surface area contributed by atoms with Crippen LogP contribution >= 0.6 is 0 Å². The van der Waals surface area contributed by atoms with Crippen molar-refractivity contribution in [1.82, 2.24) is 45.3 Å². The minimum absolute atomic E-state index is 0.138. The van der Waals surface area contributed by atoms with Crippen molar-refractivity contribution < 1.29 is 57.1 Å². The van der Waals surface area contributed by atoms with Gasteiger partial charge in [0.1, 0.15) is 29.3 Å². The number of nitrogens with one attached hydrogen (secondary N) is 4. The monoisotopic (exact) mass is 1480 g/mol. The maximum atomic E-state index is 14.0. The van der Waals surface area contributed by atoms with Gasteiger partial charge in [-0.05, 0) is 149 Å². The summed E-state index contributed by atoms with van der Waals surface area (Å²) in [5, 5.41) is 10.1. The first-order valence-electron chi connectivity index (χ1n) is 38.4. The van der Waals surface area contributed by atoms with Crippen molar-refractivity contribution in [2.24, 2.45) is 21.8 Å². The number of nitrogens with zero attached hydrogens (tertiary/aromatic N) is 7. The van der Waals surface area contributed by atoms with Crippen molar-refractivity contribution in [2.45, 2.75) is 166 Å². The Labute approximate surface area is 635 Å². The van der Waals surface area contributed by atoms with Gasteiger partial charge in [0.2, 0.25) is 11.8 Å². The number of allylic oxidation sites excluding steroid dienone is 2. The molecule has 8 aliphatic rings. The van der Waals surface area contributed by atoms with Crippen LogP contribution in [0.25, 0.3) is 77.5 Å². The zero-order valence-electron chi connectivity index (χ0n) is 63.5. The van der Waals surface area contributed by atoms with Gasteiger partial charge in [-0.3, -0.25) is 24.5 Å². The molecule has 5 amide bonds. The summed E-state index contributed by atoms with van der Waals surface area (Å²) in [6.07, 6.45) is 15.0. The molecule has 5 atom stereocenters. The topological polar surface area (TPSA) is 266 Å². The van der Waals surface area contributed by atoms with Crippen molar-refractivity contribution in [3.8, 4) is 44.8 Å². The Kier molecular flexibility index (Phi) is 21.1. The number of benzene rings is 6. The SMILES string of the molecule is COC(=O)N[C@H](C(=O)N1CC2(C[C@H]1C1=NC=C(c3ccc(-c4ccc5cc(-c6cnc(C7CCCC7)[nH]6)ccc5c4)cc3)C1)OCCO2)C(C)C.COC(=O)N[C@H](C(=O)N1CC2(C[C@H]1C1=NC=C(c3ccc(-c4ccc5cc(-c6cnc([C@@H]7CCCN7C(=O)OC(C)(C)C)[nH]6)ccc5c4)cc3)C1)OCCO2)C(C)C. The molecule has 9 heterocycles. The Morgan fingerprint density at radius 1 is 0.495 bits per heavy atom. The molecule has 16 rings (SSSR count). The Balaban J connectivity index is 0.000000175. The summed E-state index contributed by atoms with van der Waals surface area (Å²) in [5.74, 6) is 0.00521. The number of imidazole rings is 2. The molecule has 8 aromatic rings. The molecular formula is C86H97N11O12. The van der Waals surface area contributed by atoms with Gasteiger partial charge >= 0.3 is 18.3 Å². The van der Waals surface area contributed by atoms with E-state index in [4.69, 9.17) is 48.1 Å². The maximum absolute atomic E-state index is 14.0. The number of ether oxygens (including phenoxy) is 7. The van der Waals surface area contributed by atoms with Gasteiger partial charge in [-0.1, -0.05) is 138 Å². The molecule has 7 aliphatic heterocycles. The van der Waals surface area contributed by atoms with Crippen molar-refractivity contribution in [3.63, 3.8) is 0 Å². The Morgan fingerprint density at radius 2 is 0.890 bits per heavy atom. The zero-order chi connectivity index (χ0) is 75.9. The molecule has 1 aliphatic carbocycles. The van der Waals surface area contributed by atoms with E-state index in [1.54, 1.807) is 14.7 Å². The summed E-state index contributed by atoms with van der Waals surface area (Å²) in [6, 6.07) is 40.9. The number of likely N-dealkylation sites (tertiary alicyclic amines) is 3. The van der Waals surface area contributed by atoms with Crippen LogP contribution in [0.4, 0.5) is 14.4 Å². The highest BCUT2D eigenvalue weighted by molar-refractivity contribution is 6.05. The largest absolute Gasteiger partial charge is 0.453 e. The maximum Gasteiger partial charge on any atom is 0.410 e. The number of amides is 5. The highest BCUT2D eigenvalue weighted by Gasteiger charge is 2.55. The molecule has 1 saturated carbocycles. The van der Waals surface area contributed by atoms with Crippen molar-refractivity contribution in [1.29, 1.82) is 0 Å². The third-order valence-electron chi connectivity index (χ3n) is 22.5. The van der Waals surface area contributed by atoms with Gasteiger partial charge in [0.25, 0.3) is 0 Å². The third-order valence-corrected chi connectivity index (χ3v) is 22.5. The van der Waals surface area contributed by atoms with Gasteiger partial charge in [0.15, 0.2) is 11.6 Å². The molecule has 4 N–H and O–H groups in total. The molecule has 23 heteroatoms. The first-order chi connectivity index (χ1) is 52.6. The smallest absolute Gasteiger partial charge is 0.410 e. The van der Waals surface area contributed by atoms with Gasteiger partial charge < -0.3 is 63.6 Å². The molecule has 23 nitrogen and oxygen atoms in total. The summed E-state index contributed by atoms with van der Waals surface area (Å²) in [6.45, 7) is 16.3. The number of carbonyl (C=O) groups excluding carboxylic acids is 5. The third kappa shape index (κ3) is 15.8. The predicted octanol–water partition coefficient (Wildman–Crippen LogP) is 15.3. The van der Waals surface area contributed by atoms with Crippen LogP contribution in [0.2, 0.25) is 0 Å². The molecule has 2 spiro atoms. The van der Waals surface area contributed by atoms with E-state index >= 15 is 0 Å². The van der Waals surface area contributed by atoms with E-state index in [-0.39, 0.29) is 61.0 Å². The lowest BCUT2D eigenvalue weighted by Crippen LogP contribution is -2.54. The second kappa shape index (κ2) is 31.0. The van der Waals surface area contributed by atoms with E-state index in [9.17, 15) is 24.0 Å². The number of aromatic amines is 2. The van der Waals surface area contributed by atoms with Gasteiger partial charge in [-0.2, -0.15) is 0 Å². The van der Waals surface area contributed by atoms with Gasteiger partial charge in [0.05, 0.1) is 95.6 Å². The summed E-state index contributed by atoms with van der Waals surface area (Å²) >= 11 is 0. The molecule has 2 aromatic heterocycles. The van der Waals surface area contributed by atoms with Gasteiger partial charge in [0, 0.05) is 73.1 Å². The van der Waals surface area contributed by atoms with Crippen molar-refractivity contribution in [3.05, 3.63) is 169 Å². The molecule has 6 fully saturated rings. The number of carbonyl (C=O) groups is 5. The number of aliphatic imine (C=N–C) groups is 2. The number of H-pyrrole nitrogens is 2.